The first-order valence-electron chi connectivity index (χ1n) is 3.33. The highest BCUT2D eigenvalue weighted by atomic mass is 16.3. The van der Waals surface area contributed by atoms with Gasteiger partial charge in [-0.2, -0.15) is 0 Å². The third-order valence-electron chi connectivity index (χ3n) is 1.72. The maximum Gasteiger partial charge on any atom is 0.187 e. The molecule has 1 aliphatic rings. The van der Waals surface area contributed by atoms with E-state index in [4.69, 9.17) is 15.3 Å². The second kappa shape index (κ2) is 2.73. The number of aliphatic hydroxyl groups excluding tert-OH is 3. The molecular weight excluding hydrogens is 148 g/mol. The zero-order valence-electron chi connectivity index (χ0n) is 6.06. The highest BCUT2D eigenvalue weighted by Crippen LogP contribution is 2.19. The molecule has 0 aromatic heterocycles. The zero-order chi connectivity index (χ0) is 8.59. The predicted molar refractivity (Wildman–Crippen MR) is 36.8 cm³/mol. The van der Waals surface area contributed by atoms with Crippen molar-refractivity contribution in [1.82, 2.24) is 0 Å². The summed E-state index contributed by atoms with van der Waals surface area (Å²) in [5, 5.41) is 27.0. The maximum atomic E-state index is 10.7. The highest BCUT2D eigenvalue weighted by Gasteiger charge is 2.34. The van der Waals surface area contributed by atoms with Crippen molar-refractivity contribution in [3.8, 4) is 0 Å². The van der Waals surface area contributed by atoms with Crippen LogP contribution in [0.5, 0.6) is 0 Å². The van der Waals surface area contributed by atoms with Crippen molar-refractivity contribution in [2.75, 3.05) is 0 Å². The monoisotopic (exact) mass is 158 g/mol. The Morgan fingerprint density at radius 1 is 1.45 bits per heavy atom. The van der Waals surface area contributed by atoms with Crippen molar-refractivity contribution < 1.29 is 20.1 Å². The Morgan fingerprint density at radius 2 is 2.00 bits per heavy atom. The molecule has 0 spiro atoms. The third-order valence-corrected chi connectivity index (χ3v) is 1.72. The molecule has 0 unspecified atom stereocenters. The molecule has 0 aromatic rings. The smallest absolute Gasteiger partial charge is 0.187 e. The van der Waals surface area contributed by atoms with E-state index in [0.717, 1.165) is 6.08 Å². The lowest BCUT2D eigenvalue weighted by atomic mass is 10.1. The predicted octanol–water partition coefficient (Wildman–Crippen LogP) is -1.40. The molecule has 1 aliphatic carbocycles. The van der Waals surface area contributed by atoms with Gasteiger partial charge in [0.2, 0.25) is 0 Å². The number of carbonyl (C=O) groups is 1. The van der Waals surface area contributed by atoms with E-state index in [9.17, 15) is 4.79 Å². The Balaban J connectivity index is 2.83. The lowest BCUT2D eigenvalue weighted by Crippen LogP contribution is -2.30. The number of ketones is 1. The summed E-state index contributed by atoms with van der Waals surface area (Å²) in [6.45, 7) is 1.43. The topological polar surface area (TPSA) is 77.8 Å². The van der Waals surface area contributed by atoms with Gasteiger partial charge in [0.05, 0.1) is 6.10 Å². The van der Waals surface area contributed by atoms with Gasteiger partial charge in [0.25, 0.3) is 0 Å². The standard InChI is InChI=1S/C7H10O4/c1-3(8)4-2-5(9)7(11)6(4)10/h2-3,6-8,10-11H,1H3/t3-,6-,7-/m1/s1. The van der Waals surface area contributed by atoms with Crippen molar-refractivity contribution in [3.05, 3.63) is 11.6 Å². The number of aliphatic hydroxyl groups is 3. The molecule has 0 fully saturated rings. The van der Waals surface area contributed by atoms with Gasteiger partial charge >= 0.3 is 0 Å². The first-order valence-corrected chi connectivity index (χ1v) is 3.33. The molecule has 0 saturated carbocycles. The first kappa shape index (κ1) is 8.39. The van der Waals surface area contributed by atoms with Gasteiger partial charge in [0.1, 0.15) is 12.2 Å². The Bertz CT molecular complexity index is 206. The number of carbonyl (C=O) groups excluding carboxylic acids is 1. The van der Waals surface area contributed by atoms with Crippen LogP contribution < -0.4 is 0 Å². The van der Waals surface area contributed by atoms with E-state index in [1.807, 2.05) is 0 Å². The van der Waals surface area contributed by atoms with E-state index in [1.165, 1.54) is 6.92 Å². The van der Waals surface area contributed by atoms with Crippen LogP contribution in [-0.2, 0) is 4.79 Å². The quantitative estimate of drug-likeness (QED) is 0.438. The summed E-state index contributed by atoms with van der Waals surface area (Å²) in [6.07, 6.45) is -2.42. The minimum absolute atomic E-state index is 0.183. The highest BCUT2D eigenvalue weighted by molar-refractivity contribution is 5.98. The molecular formula is C7H10O4. The second-order valence-corrected chi connectivity index (χ2v) is 2.61. The van der Waals surface area contributed by atoms with Crippen LogP contribution in [0.4, 0.5) is 0 Å². The van der Waals surface area contributed by atoms with Gasteiger partial charge in [0.15, 0.2) is 5.78 Å². The van der Waals surface area contributed by atoms with E-state index in [2.05, 4.69) is 0 Å². The fraction of sp³-hybridized carbons (Fsp3) is 0.571. The first-order chi connectivity index (χ1) is 5.04. The van der Waals surface area contributed by atoms with Crippen molar-refractivity contribution in [2.45, 2.75) is 25.2 Å². The SMILES string of the molecule is C[C@@H](O)C1=CC(=O)[C@@H](O)[C@@H]1O. The van der Waals surface area contributed by atoms with Gasteiger partial charge in [-0.15, -0.1) is 0 Å². The number of hydrogen-bond donors (Lipinski definition) is 3. The Kier molecular flexibility index (Phi) is 2.08. The largest absolute Gasteiger partial charge is 0.389 e. The molecule has 0 radical (unpaired) electrons. The molecule has 4 nitrogen and oxygen atoms in total. The van der Waals surface area contributed by atoms with Crippen LogP contribution in [0, 0.1) is 0 Å². The Hall–Kier alpha value is -0.710. The molecule has 0 aromatic carbocycles. The summed E-state index contributed by atoms with van der Waals surface area (Å²) < 4.78 is 0. The minimum atomic E-state index is -1.39. The summed E-state index contributed by atoms with van der Waals surface area (Å²) in [5.41, 5.74) is 0.183. The average Bonchev–Trinajstić information content (AvgIpc) is 2.17. The Labute approximate surface area is 63.8 Å². The summed E-state index contributed by atoms with van der Waals surface area (Å²) in [4.78, 5) is 10.7. The van der Waals surface area contributed by atoms with Crippen molar-refractivity contribution in [3.63, 3.8) is 0 Å². The van der Waals surface area contributed by atoms with Crippen LogP contribution in [0.15, 0.2) is 11.6 Å². The van der Waals surface area contributed by atoms with Gasteiger partial charge in [-0.3, -0.25) is 4.79 Å². The molecule has 0 saturated heterocycles. The Morgan fingerprint density at radius 3 is 2.18 bits per heavy atom. The van der Waals surface area contributed by atoms with Crippen molar-refractivity contribution in [1.29, 1.82) is 0 Å². The van der Waals surface area contributed by atoms with Crippen LogP contribution in [0.25, 0.3) is 0 Å². The summed E-state index contributed by atoms with van der Waals surface area (Å²) in [7, 11) is 0. The van der Waals surface area contributed by atoms with Gasteiger partial charge < -0.3 is 15.3 Å². The number of rotatable bonds is 1. The molecule has 11 heavy (non-hydrogen) atoms. The zero-order valence-corrected chi connectivity index (χ0v) is 6.06. The maximum absolute atomic E-state index is 10.7. The molecule has 0 heterocycles. The summed E-state index contributed by atoms with van der Waals surface area (Å²) in [6, 6.07) is 0. The van der Waals surface area contributed by atoms with Crippen LogP contribution in [0.2, 0.25) is 0 Å². The van der Waals surface area contributed by atoms with Crippen LogP contribution in [-0.4, -0.2) is 39.4 Å². The van der Waals surface area contributed by atoms with E-state index in [1.54, 1.807) is 0 Å². The van der Waals surface area contributed by atoms with E-state index >= 15 is 0 Å². The van der Waals surface area contributed by atoms with Crippen molar-refractivity contribution >= 4 is 5.78 Å². The van der Waals surface area contributed by atoms with Crippen LogP contribution in [0.3, 0.4) is 0 Å². The van der Waals surface area contributed by atoms with Gasteiger partial charge in [-0.1, -0.05) is 0 Å². The van der Waals surface area contributed by atoms with Gasteiger partial charge in [-0.05, 0) is 18.6 Å². The van der Waals surface area contributed by atoms with Gasteiger partial charge in [0, 0.05) is 0 Å². The second-order valence-electron chi connectivity index (χ2n) is 2.61. The molecule has 3 N–H and O–H groups in total. The molecule has 0 aliphatic heterocycles. The lowest BCUT2D eigenvalue weighted by molar-refractivity contribution is -0.124. The normalized spacial score (nSPS) is 33.8. The minimum Gasteiger partial charge on any atom is -0.389 e. The molecule has 62 valence electrons. The fourth-order valence-corrected chi connectivity index (χ4v) is 1.04. The molecule has 0 bridgehead atoms. The van der Waals surface area contributed by atoms with E-state index < -0.39 is 24.1 Å². The fourth-order valence-electron chi connectivity index (χ4n) is 1.04. The molecule has 4 heteroatoms. The molecule has 3 atom stereocenters. The lowest BCUT2D eigenvalue weighted by Gasteiger charge is -2.12. The van der Waals surface area contributed by atoms with Gasteiger partial charge in [-0.25, -0.2) is 0 Å². The number of hydrogen-bond acceptors (Lipinski definition) is 4. The third kappa shape index (κ3) is 1.33. The van der Waals surface area contributed by atoms with Crippen LogP contribution in [0.1, 0.15) is 6.92 Å². The molecule has 1 rings (SSSR count). The molecule has 0 amide bonds. The summed E-state index contributed by atoms with van der Waals surface area (Å²) >= 11 is 0. The van der Waals surface area contributed by atoms with E-state index in [0.29, 0.717) is 0 Å². The average molecular weight is 158 g/mol. The summed E-state index contributed by atoms with van der Waals surface area (Å²) in [5.74, 6) is -0.548. The van der Waals surface area contributed by atoms with Crippen molar-refractivity contribution in [2.24, 2.45) is 0 Å². The van der Waals surface area contributed by atoms with E-state index in [-0.39, 0.29) is 5.57 Å². The van der Waals surface area contributed by atoms with Crippen LogP contribution >= 0.6 is 0 Å².